The molecular formula is C17H28N2O. The van der Waals surface area contributed by atoms with Gasteiger partial charge < -0.3 is 15.0 Å². The minimum Gasteiger partial charge on any atom is -0.380 e. The summed E-state index contributed by atoms with van der Waals surface area (Å²) in [5.41, 5.74) is 1.38. The summed E-state index contributed by atoms with van der Waals surface area (Å²) in [6.07, 6.45) is 2.79. The second-order valence-corrected chi connectivity index (χ2v) is 5.88. The van der Waals surface area contributed by atoms with Gasteiger partial charge in [-0.05, 0) is 37.9 Å². The standard InChI is InChI=1S/C17H28N2O/c1-14-9-11-19(13-17(14)20-3)12-10-16(18-2)15-7-5-4-6-8-15/h4-8,14,16-18H,9-13H2,1-3H3. The number of methoxy groups -OCH3 is 1. The molecule has 112 valence electrons. The van der Waals surface area contributed by atoms with E-state index in [0.29, 0.717) is 18.1 Å². The summed E-state index contributed by atoms with van der Waals surface area (Å²) >= 11 is 0. The molecule has 3 heteroatoms. The Hall–Kier alpha value is -0.900. The van der Waals surface area contributed by atoms with Gasteiger partial charge in [-0.2, -0.15) is 0 Å². The molecule has 1 heterocycles. The number of nitrogens with one attached hydrogen (secondary N) is 1. The first-order valence-electron chi connectivity index (χ1n) is 7.72. The lowest BCUT2D eigenvalue weighted by Gasteiger charge is -2.36. The lowest BCUT2D eigenvalue weighted by Crippen LogP contribution is -2.44. The van der Waals surface area contributed by atoms with Crippen LogP contribution < -0.4 is 5.32 Å². The van der Waals surface area contributed by atoms with E-state index in [-0.39, 0.29) is 0 Å². The summed E-state index contributed by atoms with van der Waals surface area (Å²) in [7, 11) is 3.89. The highest BCUT2D eigenvalue weighted by Gasteiger charge is 2.26. The molecule has 0 amide bonds. The van der Waals surface area contributed by atoms with Gasteiger partial charge in [-0.15, -0.1) is 0 Å². The van der Waals surface area contributed by atoms with Crippen molar-refractivity contribution in [3.63, 3.8) is 0 Å². The van der Waals surface area contributed by atoms with Gasteiger partial charge in [0.25, 0.3) is 0 Å². The summed E-state index contributed by atoms with van der Waals surface area (Å²) in [5, 5.41) is 3.43. The predicted molar refractivity (Wildman–Crippen MR) is 83.9 cm³/mol. The number of nitrogens with zero attached hydrogens (tertiary/aromatic N) is 1. The van der Waals surface area contributed by atoms with Gasteiger partial charge in [0.2, 0.25) is 0 Å². The quantitative estimate of drug-likeness (QED) is 0.864. The molecule has 20 heavy (non-hydrogen) atoms. The molecule has 1 aliphatic rings. The molecule has 1 aromatic carbocycles. The fraction of sp³-hybridized carbons (Fsp3) is 0.647. The van der Waals surface area contributed by atoms with Gasteiger partial charge in [0, 0.05) is 26.2 Å². The molecule has 3 unspecified atom stereocenters. The second-order valence-electron chi connectivity index (χ2n) is 5.88. The van der Waals surface area contributed by atoms with Crippen molar-refractivity contribution in [3.05, 3.63) is 35.9 Å². The van der Waals surface area contributed by atoms with Crippen LogP contribution in [-0.4, -0.2) is 44.8 Å². The van der Waals surface area contributed by atoms with Crippen molar-refractivity contribution in [3.8, 4) is 0 Å². The molecule has 0 spiro atoms. The number of benzene rings is 1. The molecule has 1 fully saturated rings. The zero-order chi connectivity index (χ0) is 14.4. The zero-order valence-electron chi connectivity index (χ0n) is 13.0. The van der Waals surface area contributed by atoms with Crippen molar-refractivity contribution < 1.29 is 4.74 Å². The number of likely N-dealkylation sites (tertiary alicyclic amines) is 1. The Bertz CT molecular complexity index is 382. The first kappa shape index (κ1) is 15.5. The van der Waals surface area contributed by atoms with E-state index in [1.807, 2.05) is 14.2 Å². The molecule has 1 aliphatic heterocycles. The summed E-state index contributed by atoms with van der Waals surface area (Å²) < 4.78 is 5.59. The third-order valence-corrected chi connectivity index (χ3v) is 4.56. The molecule has 3 atom stereocenters. The largest absolute Gasteiger partial charge is 0.380 e. The summed E-state index contributed by atoms with van der Waals surface area (Å²) in [5.74, 6) is 0.686. The van der Waals surface area contributed by atoms with E-state index in [0.717, 1.165) is 19.5 Å². The number of rotatable bonds is 6. The van der Waals surface area contributed by atoms with Crippen molar-refractivity contribution >= 4 is 0 Å². The second kappa shape index (κ2) is 7.77. The predicted octanol–water partition coefficient (Wildman–Crippen LogP) is 2.69. The van der Waals surface area contributed by atoms with Crippen LogP contribution in [-0.2, 0) is 4.74 Å². The maximum absolute atomic E-state index is 5.59. The van der Waals surface area contributed by atoms with Gasteiger partial charge in [0.15, 0.2) is 0 Å². The van der Waals surface area contributed by atoms with E-state index >= 15 is 0 Å². The third kappa shape index (κ3) is 4.05. The van der Waals surface area contributed by atoms with Crippen LogP contribution in [0.4, 0.5) is 0 Å². The summed E-state index contributed by atoms with van der Waals surface area (Å²) in [6, 6.07) is 11.2. The smallest absolute Gasteiger partial charge is 0.0724 e. The molecule has 0 aliphatic carbocycles. The van der Waals surface area contributed by atoms with Gasteiger partial charge >= 0.3 is 0 Å². The first-order chi connectivity index (χ1) is 9.74. The van der Waals surface area contributed by atoms with Gasteiger partial charge in [-0.1, -0.05) is 37.3 Å². The van der Waals surface area contributed by atoms with E-state index < -0.39 is 0 Å². The Morgan fingerprint density at radius 2 is 2.10 bits per heavy atom. The van der Waals surface area contributed by atoms with E-state index in [4.69, 9.17) is 4.74 Å². The van der Waals surface area contributed by atoms with Crippen LogP contribution in [0.2, 0.25) is 0 Å². The van der Waals surface area contributed by atoms with Gasteiger partial charge in [-0.3, -0.25) is 0 Å². The lowest BCUT2D eigenvalue weighted by molar-refractivity contribution is -0.00576. The maximum atomic E-state index is 5.59. The number of hydrogen-bond donors (Lipinski definition) is 1. The maximum Gasteiger partial charge on any atom is 0.0724 e. The molecule has 0 radical (unpaired) electrons. The minimum absolute atomic E-state index is 0.397. The summed E-state index contributed by atoms with van der Waals surface area (Å²) in [4.78, 5) is 2.54. The van der Waals surface area contributed by atoms with Crippen LogP contribution in [0.15, 0.2) is 30.3 Å². The van der Waals surface area contributed by atoms with Crippen LogP contribution in [0.25, 0.3) is 0 Å². The number of hydrogen-bond acceptors (Lipinski definition) is 3. The average Bonchev–Trinajstić information content (AvgIpc) is 2.50. The highest BCUT2D eigenvalue weighted by atomic mass is 16.5. The normalized spacial score (nSPS) is 25.6. The third-order valence-electron chi connectivity index (χ3n) is 4.56. The van der Waals surface area contributed by atoms with Crippen LogP contribution in [0.5, 0.6) is 0 Å². The van der Waals surface area contributed by atoms with Crippen molar-refractivity contribution in [2.75, 3.05) is 33.8 Å². The van der Waals surface area contributed by atoms with Gasteiger partial charge in [0.05, 0.1) is 6.10 Å². The van der Waals surface area contributed by atoms with Crippen molar-refractivity contribution in [1.82, 2.24) is 10.2 Å². The Kier molecular flexibility index (Phi) is 6.02. The van der Waals surface area contributed by atoms with E-state index in [1.54, 1.807) is 0 Å². The lowest BCUT2D eigenvalue weighted by atomic mass is 9.95. The molecule has 1 saturated heterocycles. The van der Waals surface area contributed by atoms with Crippen LogP contribution in [0.1, 0.15) is 31.4 Å². The molecular weight excluding hydrogens is 248 g/mol. The van der Waals surface area contributed by atoms with Crippen molar-refractivity contribution in [1.29, 1.82) is 0 Å². The van der Waals surface area contributed by atoms with Gasteiger partial charge in [-0.25, -0.2) is 0 Å². The molecule has 0 saturated carbocycles. The average molecular weight is 276 g/mol. The van der Waals surface area contributed by atoms with Gasteiger partial charge in [0.1, 0.15) is 0 Å². The molecule has 1 aromatic rings. The zero-order valence-corrected chi connectivity index (χ0v) is 13.0. The molecule has 0 aromatic heterocycles. The van der Waals surface area contributed by atoms with E-state index in [1.165, 1.54) is 18.5 Å². The van der Waals surface area contributed by atoms with Crippen LogP contribution in [0, 0.1) is 5.92 Å². The van der Waals surface area contributed by atoms with E-state index in [2.05, 4.69) is 47.5 Å². The Morgan fingerprint density at radius 3 is 2.75 bits per heavy atom. The minimum atomic E-state index is 0.397. The fourth-order valence-electron chi connectivity index (χ4n) is 3.08. The van der Waals surface area contributed by atoms with Crippen molar-refractivity contribution in [2.45, 2.75) is 31.9 Å². The molecule has 2 rings (SSSR count). The highest BCUT2D eigenvalue weighted by Crippen LogP contribution is 2.22. The van der Waals surface area contributed by atoms with E-state index in [9.17, 15) is 0 Å². The van der Waals surface area contributed by atoms with Crippen molar-refractivity contribution in [2.24, 2.45) is 5.92 Å². The summed E-state index contributed by atoms with van der Waals surface area (Å²) in [6.45, 7) is 5.70. The Labute approximate surface area is 123 Å². The first-order valence-corrected chi connectivity index (χ1v) is 7.72. The number of piperidine rings is 1. The Morgan fingerprint density at radius 1 is 1.35 bits per heavy atom. The number of ether oxygens (including phenoxy) is 1. The van der Waals surface area contributed by atoms with Crippen LogP contribution in [0.3, 0.4) is 0 Å². The molecule has 3 nitrogen and oxygen atoms in total. The topological polar surface area (TPSA) is 24.5 Å². The Balaban J connectivity index is 1.85. The highest BCUT2D eigenvalue weighted by molar-refractivity contribution is 5.18. The molecule has 0 bridgehead atoms. The molecule has 1 N–H and O–H groups in total. The SMILES string of the molecule is CNC(CCN1CCC(C)C(OC)C1)c1ccccc1. The monoisotopic (exact) mass is 276 g/mol. The van der Waals surface area contributed by atoms with Crippen LogP contribution >= 0.6 is 0 Å². The fourth-order valence-corrected chi connectivity index (χ4v) is 3.08.